The number of carbonyl (C=O) groups excluding carboxylic acids is 1. The first kappa shape index (κ1) is 24.1. The molecule has 0 spiro atoms. The third kappa shape index (κ3) is 5.45. The van der Waals surface area contributed by atoms with Gasteiger partial charge in [-0.25, -0.2) is 0 Å². The van der Waals surface area contributed by atoms with Crippen molar-refractivity contribution in [2.24, 2.45) is 11.7 Å². The van der Waals surface area contributed by atoms with Crippen molar-refractivity contribution >= 4 is 5.91 Å². The molecule has 1 aliphatic heterocycles. The Morgan fingerprint density at radius 1 is 1.12 bits per heavy atom. The third-order valence-corrected chi connectivity index (χ3v) is 6.90. The van der Waals surface area contributed by atoms with E-state index in [1.165, 1.54) is 0 Å². The monoisotopic (exact) mass is 444 g/mol. The largest absolute Gasteiger partial charge is 0.496 e. The molecule has 1 saturated carbocycles. The molecular weight excluding hydrogens is 408 g/mol. The molecule has 1 atom stereocenters. The zero-order valence-electron chi connectivity index (χ0n) is 19.5. The second-order valence-corrected chi connectivity index (χ2v) is 8.70. The molecule has 3 rings (SSSR count). The second-order valence-electron chi connectivity index (χ2n) is 8.70. The maximum atomic E-state index is 13.2. The first-order chi connectivity index (χ1) is 15.5. The summed E-state index contributed by atoms with van der Waals surface area (Å²) in [5.41, 5.74) is 6.79. The minimum atomic E-state index is -0.317. The molecule has 1 aliphatic carbocycles. The summed E-state index contributed by atoms with van der Waals surface area (Å²) in [6.45, 7) is 2.16. The summed E-state index contributed by atoms with van der Waals surface area (Å²) in [5, 5.41) is 9.43. The molecule has 1 aromatic rings. The standard InChI is InChI=1S/C24H36N4O4/c1-30-20-11-22(31-2)21(23(12-20)32-3)15-27(18-8-6-17(13-25)7-9-18)16-24(29)28-10-4-5-19(28)14-26/h11-12,17-19H,4-10,13,15-16,25H2,1-3H3/t17-,18-,19-/m0/s1. The Hall–Kier alpha value is -2.50. The molecule has 8 nitrogen and oxygen atoms in total. The Labute approximate surface area is 191 Å². The fourth-order valence-corrected chi connectivity index (χ4v) is 4.96. The van der Waals surface area contributed by atoms with E-state index < -0.39 is 0 Å². The Bertz CT molecular complexity index is 792. The first-order valence-corrected chi connectivity index (χ1v) is 11.5. The van der Waals surface area contributed by atoms with Gasteiger partial charge in [-0.3, -0.25) is 9.69 Å². The predicted octanol–water partition coefficient (Wildman–Crippen LogP) is 2.55. The molecule has 1 heterocycles. The van der Waals surface area contributed by atoms with Crippen LogP contribution in [0.4, 0.5) is 0 Å². The number of hydrogen-bond donors (Lipinski definition) is 1. The van der Waals surface area contributed by atoms with Crippen LogP contribution >= 0.6 is 0 Å². The summed E-state index contributed by atoms with van der Waals surface area (Å²) in [5.74, 6) is 2.56. The summed E-state index contributed by atoms with van der Waals surface area (Å²) in [7, 11) is 4.86. The van der Waals surface area contributed by atoms with E-state index in [1.54, 1.807) is 26.2 Å². The van der Waals surface area contributed by atoms with Crippen LogP contribution < -0.4 is 19.9 Å². The van der Waals surface area contributed by atoms with Gasteiger partial charge in [-0.05, 0) is 51.0 Å². The van der Waals surface area contributed by atoms with Crippen LogP contribution in [-0.2, 0) is 11.3 Å². The molecule has 1 amide bonds. The van der Waals surface area contributed by atoms with Crippen molar-refractivity contribution in [1.82, 2.24) is 9.80 Å². The maximum absolute atomic E-state index is 13.2. The van der Waals surface area contributed by atoms with Gasteiger partial charge in [0, 0.05) is 31.3 Å². The van der Waals surface area contributed by atoms with E-state index in [4.69, 9.17) is 19.9 Å². The average Bonchev–Trinajstić information content (AvgIpc) is 3.32. The zero-order chi connectivity index (χ0) is 23.1. The number of hydrogen-bond acceptors (Lipinski definition) is 7. The van der Waals surface area contributed by atoms with Crippen molar-refractivity contribution in [3.63, 3.8) is 0 Å². The molecule has 32 heavy (non-hydrogen) atoms. The highest BCUT2D eigenvalue weighted by Gasteiger charge is 2.33. The quantitative estimate of drug-likeness (QED) is 0.625. The number of likely N-dealkylation sites (tertiary alicyclic amines) is 1. The minimum Gasteiger partial charge on any atom is -0.496 e. The fourth-order valence-electron chi connectivity index (χ4n) is 4.96. The lowest BCUT2D eigenvalue weighted by molar-refractivity contribution is -0.133. The topological polar surface area (TPSA) is 101 Å². The summed E-state index contributed by atoms with van der Waals surface area (Å²) in [6, 6.07) is 5.91. The molecule has 0 unspecified atom stereocenters. The van der Waals surface area contributed by atoms with E-state index >= 15 is 0 Å². The van der Waals surface area contributed by atoms with Crippen LogP contribution in [0.2, 0.25) is 0 Å². The highest BCUT2D eigenvalue weighted by molar-refractivity contribution is 5.79. The molecule has 2 N–H and O–H groups in total. The molecule has 8 heteroatoms. The molecule has 1 saturated heterocycles. The summed E-state index contributed by atoms with van der Waals surface area (Å²) in [6.07, 6.45) is 5.76. The molecule has 0 bridgehead atoms. The van der Waals surface area contributed by atoms with E-state index in [1.807, 2.05) is 12.1 Å². The van der Waals surface area contributed by atoms with Crippen molar-refractivity contribution in [2.75, 3.05) is 41.0 Å². The Kier molecular flexibility index (Phi) is 8.60. The van der Waals surface area contributed by atoms with Gasteiger partial charge >= 0.3 is 0 Å². The van der Waals surface area contributed by atoms with Crippen LogP contribution in [0, 0.1) is 17.2 Å². The molecule has 176 valence electrons. The molecule has 2 aliphatic rings. The van der Waals surface area contributed by atoms with Gasteiger partial charge in [-0.2, -0.15) is 5.26 Å². The molecule has 1 aromatic carbocycles. The van der Waals surface area contributed by atoms with Crippen LogP contribution in [0.1, 0.15) is 44.1 Å². The highest BCUT2D eigenvalue weighted by atomic mass is 16.5. The van der Waals surface area contributed by atoms with Crippen LogP contribution in [0.25, 0.3) is 0 Å². The van der Waals surface area contributed by atoms with Crippen molar-refractivity contribution in [2.45, 2.75) is 57.2 Å². The predicted molar refractivity (Wildman–Crippen MR) is 122 cm³/mol. The summed E-state index contributed by atoms with van der Waals surface area (Å²) >= 11 is 0. The molecule has 2 fully saturated rings. The number of nitrogens with two attached hydrogens (primary N) is 1. The summed E-state index contributed by atoms with van der Waals surface area (Å²) < 4.78 is 16.7. The van der Waals surface area contributed by atoms with E-state index in [0.29, 0.717) is 42.8 Å². The van der Waals surface area contributed by atoms with Gasteiger partial charge in [0.15, 0.2) is 0 Å². The van der Waals surface area contributed by atoms with Crippen LogP contribution in [0.3, 0.4) is 0 Å². The number of carbonyl (C=O) groups is 1. The third-order valence-electron chi connectivity index (χ3n) is 6.90. The number of nitrogens with zero attached hydrogens (tertiary/aromatic N) is 3. The number of rotatable bonds is 9. The molecular formula is C24H36N4O4. The Balaban J connectivity index is 1.86. The second kappa shape index (κ2) is 11.4. The van der Waals surface area contributed by atoms with Gasteiger partial charge in [-0.1, -0.05) is 0 Å². The average molecular weight is 445 g/mol. The van der Waals surface area contributed by atoms with E-state index in [0.717, 1.165) is 44.1 Å². The Morgan fingerprint density at radius 2 is 1.78 bits per heavy atom. The van der Waals surface area contributed by atoms with Crippen molar-refractivity contribution < 1.29 is 19.0 Å². The molecule has 0 aromatic heterocycles. The first-order valence-electron chi connectivity index (χ1n) is 11.5. The summed E-state index contributed by atoms with van der Waals surface area (Å²) in [4.78, 5) is 17.2. The van der Waals surface area contributed by atoms with Gasteiger partial charge in [0.25, 0.3) is 0 Å². The zero-order valence-corrected chi connectivity index (χ0v) is 19.5. The van der Waals surface area contributed by atoms with Crippen molar-refractivity contribution in [3.8, 4) is 23.3 Å². The number of amides is 1. The van der Waals surface area contributed by atoms with E-state index in [9.17, 15) is 10.1 Å². The number of methoxy groups -OCH3 is 3. The number of benzene rings is 1. The van der Waals surface area contributed by atoms with E-state index in [2.05, 4.69) is 11.0 Å². The normalized spacial score (nSPS) is 23.1. The molecule has 0 radical (unpaired) electrons. The minimum absolute atomic E-state index is 0.0152. The lowest BCUT2D eigenvalue weighted by Gasteiger charge is -2.37. The SMILES string of the molecule is COc1cc(OC)c(CN(CC(=O)N2CCC[C@H]2C#N)[C@H]2CC[C@H](CN)CC2)c(OC)c1. The fraction of sp³-hybridized carbons (Fsp3) is 0.667. The Morgan fingerprint density at radius 3 is 2.31 bits per heavy atom. The number of nitriles is 1. The van der Waals surface area contributed by atoms with Gasteiger partial charge < -0.3 is 24.8 Å². The van der Waals surface area contributed by atoms with Crippen LogP contribution in [0.15, 0.2) is 12.1 Å². The lowest BCUT2D eigenvalue weighted by Crippen LogP contribution is -2.46. The highest BCUT2D eigenvalue weighted by Crippen LogP contribution is 2.37. The van der Waals surface area contributed by atoms with Crippen molar-refractivity contribution in [1.29, 1.82) is 5.26 Å². The van der Waals surface area contributed by atoms with Gasteiger partial charge in [-0.15, -0.1) is 0 Å². The van der Waals surface area contributed by atoms with Crippen molar-refractivity contribution in [3.05, 3.63) is 17.7 Å². The van der Waals surface area contributed by atoms with Gasteiger partial charge in [0.1, 0.15) is 23.3 Å². The number of ether oxygens (including phenoxy) is 3. The van der Waals surface area contributed by atoms with Gasteiger partial charge in [0.05, 0.1) is 39.5 Å². The van der Waals surface area contributed by atoms with Gasteiger partial charge in [0.2, 0.25) is 5.91 Å². The van der Waals surface area contributed by atoms with Crippen LogP contribution in [0.5, 0.6) is 17.2 Å². The van der Waals surface area contributed by atoms with E-state index in [-0.39, 0.29) is 24.5 Å². The smallest absolute Gasteiger partial charge is 0.237 e. The van der Waals surface area contributed by atoms with Crippen LogP contribution in [-0.4, -0.2) is 68.8 Å². The lowest BCUT2D eigenvalue weighted by atomic mass is 9.85. The maximum Gasteiger partial charge on any atom is 0.237 e.